The van der Waals surface area contributed by atoms with Gasteiger partial charge < -0.3 is 10.4 Å². The molecule has 0 radical (unpaired) electrons. The number of aliphatic hydroxyl groups excluding tert-OH is 1. The lowest BCUT2D eigenvalue weighted by atomic mass is 9.90. The molecule has 1 aliphatic carbocycles. The largest absolute Gasteiger partial charge is 0.512 e. The second-order valence-electron chi connectivity index (χ2n) is 6.26. The van der Waals surface area contributed by atoms with E-state index in [0.717, 1.165) is 41.6 Å². The van der Waals surface area contributed by atoms with E-state index in [1.165, 1.54) is 12.0 Å². The Bertz CT molecular complexity index is 615. The first-order valence-corrected chi connectivity index (χ1v) is 8.49. The average Bonchev–Trinajstić information content (AvgIpc) is 2.43. The van der Waals surface area contributed by atoms with Gasteiger partial charge >= 0.3 is 0 Å². The van der Waals surface area contributed by atoms with Crippen LogP contribution < -0.4 is 5.32 Å². The summed E-state index contributed by atoms with van der Waals surface area (Å²) in [5.74, 6) is 0.454. The molecule has 0 aromatic heterocycles. The molecule has 0 saturated heterocycles. The van der Waals surface area contributed by atoms with Gasteiger partial charge in [0.15, 0.2) is 0 Å². The van der Waals surface area contributed by atoms with Crippen LogP contribution in [0.4, 0.5) is 0 Å². The third kappa shape index (κ3) is 4.47. The quantitative estimate of drug-likeness (QED) is 0.717. The van der Waals surface area contributed by atoms with Crippen molar-refractivity contribution in [3.05, 3.63) is 58.0 Å². The minimum absolute atomic E-state index is 0.0592. The Kier molecular flexibility index (Phi) is 6.03. The van der Waals surface area contributed by atoms with Crippen molar-refractivity contribution in [2.24, 2.45) is 0 Å². The van der Waals surface area contributed by atoms with Crippen molar-refractivity contribution in [3.8, 4) is 0 Å². The maximum Gasteiger partial charge on any atom is 0.255 e. The standard InChI is InChI=1S/C20H27NO2/c1-4-7-17(12-13-18(22)16-10-6-11-16)21-20(23)19-14(2)8-5-9-15(19)3/h5,7-9,22H,4,6,10-13H2,1-3H3,(H,21,23)/b17-7+. The van der Waals surface area contributed by atoms with Gasteiger partial charge in [-0.3, -0.25) is 4.79 Å². The SMILES string of the molecule is CC/C=C(\CCC(O)=C1CCC1)NC(=O)c1c(C)cccc1C. The molecule has 2 rings (SSSR count). The Labute approximate surface area is 139 Å². The third-order valence-electron chi connectivity index (χ3n) is 4.43. The zero-order valence-electron chi connectivity index (χ0n) is 14.4. The molecule has 1 aromatic carbocycles. The number of rotatable bonds is 6. The lowest BCUT2D eigenvalue weighted by Gasteiger charge is -2.19. The predicted octanol–water partition coefficient (Wildman–Crippen LogP) is 5.10. The van der Waals surface area contributed by atoms with Crippen molar-refractivity contribution >= 4 is 5.91 Å². The summed E-state index contributed by atoms with van der Waals surface area (Å²) in [6, 6.07) is 5.88. The van der Waals surface area contributed by atoms with Gasteiger partial charge in [-0.15, -0.1) is 0 Å². The van der Waals surface area contributed by atoms with Crippen molar-refractivity contribution in [1.29, 1.82) is 0 Å². The molecule has 3 nitrogen and oxygen atoms in total. The summed E-state index contributed by atoms with van der Waals surface area (Å²) in [4.78, 5) is 12.6. The van der Waals surface area contributed by atoms with Crippen molar-refractivity contribution in [3.63, 3.8) is 0 Å². The monoisotopic (exact) mass is 313 g/mol. The number of carbonyl (C=O) groups excluding carboxylic acids is 1. The Morgan fingerprint density at radius 1 is 1.22 bits per heavy atom. The Hall–Kier alpha value is -2.03. The summed E-state index contributed by atoms with van der Waals surface area (Å²) < 4.78 is 0. The Morgan fingerprint density at radius 3 is 2.39 bits per heavy atom. The van der Waals surface area contributed by atoms with Gasteiger partial charge in [0.05, 0.1) is 5.76 Å². The normalized spacial score (nSPS) is 14.4. The summed E-state index contributed by atoms with van der Waals surface area (Å²) in [6.07, 6.45) is 7.39. The highest BCUT2D eigenvalue weighted by molar-refractivity contribution is 5.98. The molecule has 1 fully saturated rings. The lowest BCUT2D eigenvalue weighted by molar-refractivity contribution is 0.0963. The average molecular weight is 313 g/mol. The molecule has 1 aliphatic rings. The van der Waals surface area contributed by atoms with Gasteiger partial charge in [0, 0.05) is 17.7 Å². The highest BCUT2D eigenvalue weighted by Gasteiger charge is 2.16. The fourth-order valence-corrected chi connectivity index (χ4v) is 2.91. The number of aryl methyl sites for hydroxylation is 2. The van der Waals surface area contributed by atoms with Crippen LogP contribution in [0.2, 0.25) is 0 Å². The molecule has 0 aliphatic heterocycles. The summed E-state index contributed by atoms with van der Waals surface area (Å²) in [6.45, 7) is 5.96. The second-order valence-corrected chi connectivity index (χ2v) is 6.26. The first-order valence-electron chi connectivity index (χ1n) is 8.49. The fraction of sp³-hybridized carbons (Fsp3) is 0.450. The van der Waals surface area contributed by atoms with Crippen LogP contribution in [0.15, 0.2) is 41.3 Å². The van der Waals surface area contributed by atoms with Crippen LogP contribution in [-0.2, 0) is 0 Å². The molecular formula is C20H27NO2. The van der Waals surface area contributed by atoms with E-state index >= 15 is 0 Å². The number of hydrogen-bond donors (Lipinski definition) is 2. The van der Waals surface area contributed by atoms with Gasteiger partial charge in [0.25, 0.3) is 5.91 Å². The van der Waals surface area contributed by atoms with E-state index in [1.807, 2.05) is 38.1 Å². The molecule has 2 N–H and O–H groups in total. The molecular weight excluding hydrogens is 286 g/mol. The van der Waals surface area contributed by atoms with Gasteiger partial charge in [-0.2, -0.15) is 0 Å². The lowest BCUT2D eigenvalue weighted by Crippen LogP contribution is -2.24. The number of carbonyl (C=O) groups is 1. The van der Waals surface area contributed by atoms with Gasteiger partial charge in [-0.05, 0) is 62.7 Å². The van der Waals surface area contributed by atoms with E-state index in [2.05, 4.69) is 12.2 Å². The fourth-order valence-electron chi connectivity index (χ4n) is 2.91. The first kappa shape index (κ1) is 17.3. The van der Waals surface area contributed by atoms with Gasteiger partial charge in [0.2, 0.25) is 0 Å². The molecule has 0 bridgehead atoms. The first-order chi connectivity index (χ1) is 11.0. The van der Waals surface area contributed by atoms with E-state index in [9.17, 15) is 9.90 Å². The van der Waals surface area contributed by atoms with Crippen LogP contribution in [0.5, 0.6) is 0 Å². The zero-order valence-corrected chi connectivity index (χ0v) is 14.4. The van der Waals surface area contributed by atoms with Crippen LogP contribution in [0.3, 0.4) is 0 Å². The molecule has 0 atom stereocenters. The van der Waals surface area contributed by atoms with E-state index in [-0.39, 0.29) is 5.91 Å². The summed E-state index contributed by atoms with van der Waals surface area (Å²) in [5.41, 5.74) is 4.79. The Morgan fingerprint density at radius 2 is 1.87 bits per heavy atom. The Balaban J connectivity index is 2.04. The summed E-state index contributed by atoms with van der Waals surface area (Å²) in [5, 5.41) is 13.1. The van der Waals surface area contributed by atoms with Gasteiger partial charge in [0.1, 0.15) is 0 Å². The van der Waals surface area contributed by atoms with Gasteiger partial charge in [-0.25, -0.2) is 0 Å². The molecule has 1 aromatic rings. The smallest absolute Gasteiger partial charge is 0.255 e. The minimum Gasteiger partial charge on any atom is -0.512 e. The maximum absolute atomic E-state index is 12.6. The number of nitrogens with one attached hydrogen (secondary N) is 1. The third-order valence-corrected chi connectivity index (χ3v) is 4.43. The van der Waals surface area contributed by atoms with Crippen molar-refractivity contribution in [1.82, 2.24) is 5.32 Å². The number of aliphatic hydroxyl groups is 1. The molecule has 0 unspecified atom stereocenters. The topological polar surface area (TPSA) is 49.3 Å². The van der Waals surface area contributed by atoms with Crippen molar-refractivity contribution in [2.75, 3.05) is 0 Å². The molecule has 23 heavy (non-hydrogen) atoms. The predicted molar refractivity (Wildman–Crippen MR) is 94.5 cm³/mol. The molecule has 1 amide bonds. The molecule has 0 heterocycles. The van der Waals surface area contributed by atoms with Crippen LogP contribution in [0, 0.1) is 13.8 Å². The van der Waals surface area contributed by atoms with Crippen LogP contribution in [-0.4, -0.2) is 11.0 Å². The maximum atomic E-state index is 12.6. The van der Waals surface area contributed by atoms with Gasteiger partial charge in [-0.1, -0.05) is 31.2 Å². The number of allylic oxidation sites excluding steroid dienone is 4. The zero-order chi connectivity index (χ0) is 16.8. The minimum atomic E-state index is -0.0592. The summed E-state index contributed by atoms with van der Waals surface area (Å²) >= 11 is 0. The highest BCUT2D eigenvalue weighted by atomic mass is 16.3. The number of hydrogen-bond acceptors (Lipinski definition) is 2. The van der Waals surface area contributed by atoms with Crippen molar-refractivity contribution < 1.29 is 9.90 Å². The number of amides is 1. The number of benzene rings is 1. The second kappa shape index (κ2) is 8.00. The molecule has 3 heteroatoms. The molecule has 0 spiro atoms. The molecule has 124 valence electrons. The molecule has 1 saturated carbocycles. The van der Waals surface area contributed by atoms with Crippen LogP contribution in [0.1, 0.15) is 66.9 Å². The van der Waals surface area contributed by atoms with E-state index in [0.29, 0.717) is 18.6 Å². The van der Waals surface area contributed by atoms with E-state index in [4.69, 9.17) is 0 Å². The van der Waals surface area contributed by atoms with E-state index < -0.39 is 0 Å². The van der Waals surface area contributed by atoms with E-state index in [1.54, 1.807) is 0 Å². The van der Waals surface area contributed by atoms with Crippen molar-refractivity contribution in [2.45, 2.75) is 59.3 Å². The highest BCUT2D eigenvalue weighted by Crippen LogP contribution is 2.29. The van der Waals surface area contributed by atoms with Crippen LogP contribution >= 0.6 is 0 Å². The summed E-state index contributed by atoms with van der Waals surface area (Å²) in [7, 11) is 0. The van der Waals surface area contributed by atoms with Crippen LogP contribution in [0.25, 0.3) is 0 Å².